The molecule has 1 fully saturated rings. The molecule has 0 aromatic carbocycles. The van der Waals surface area contributed by atoms with Crippen LogP contribution in [0.1, 0.15) is 36.8 Å². The molecule has 0 unspecified atom stereocenters. The monoisotopic (exact) mass is 342 g/mol. The number of carbonyl (C=O) groups excluding carboxylic acids is 2. The van der Waals surface area contributed by atoms with Gasteiger partial charge in [-0.2, -0.15) is 5.10 Å². The Morgan fingerprint density at radius 3 is 2.92 bits per heavy atom. The molecular formula is C17H22N6O2. The summed E-state index contributed by atoms with van der Waals surface area (Å²) in [6.07, 6.45) is 8.03. The first-order chi connectivity index (χ1) is 12.1. The van der Waals surface area contributed by atoms with Crippen molar-refractivity contribution < 1.29 is 9.59 Å². The standard InChI is InChI=1S/C17H22N6O2/c1-21-9-7-18-16(21)15-11(5-6-14(24)22(15)2)17(25)23-8-3-4-12-13(23)10-19-20-12/h7,9-11,15H,3-6,8H2,1-2H3,(H,19,20)/t11-,15-/m0/s1. The lowest BCUT2D eigenvalue weighted by molar-refractivity contribution is -0.141. The van der Waals surface area contributed by atoms with Crippen LogP contribution in [-0.4, -0.2) is 50.1 Å². The number of hydrogen-bond acceptors (Lipinski definition) is 4. The molecule has 2 atom stereocenters. The maximum atomic E-state index is 13.4. The van der Waals surface area contributed by atoms with Crippen LogP contribution in [0.4, 0.5) is 5.69 Å². The van der Waals surface area contributed by atoms with E-state index < -0.39 is 0 Å². The van der Waals surface area contributed by atoms with Crippen LogP contribution in [0.2, 0.25) is 0 Å². The highest BCUT2D eigenvalue weighted by atomic mass is 16.2. The van der Waals surface area contributed by atoms with Crippen LogP contribution in [0.3, 0.4) is 0 Å². The summed E-state index contributed by atoms with van der Waals surface area (Å²) >= 11 is 0. The molecule has 25 heavy (non-hydrogen) atoms. The van der Waals surface area contributed by atoms with Crippen LogP contribution in [0, 0.1) is 5.92 Å². The number of anilines is 1. The van der Waals surface area contributed by atoms with Gasteiger partial charge in [-0.25, -0.2) is 4.98 Å². The van der Waals surface area contributed by atoms with Gasteiger partial charge in [-0.15, -0.1) is 0 Å². The Morgan fingerprint density at radius 1 is 1.32 bits per heavy atom. The van der Waals surface area contributed by atoms with E-state index in [0.29, 0.717) is 19.4 Å². The summed E-state index contributed by atoms with van der Waals surface area (Å²) in [5.74, 6) is 0.553. The minimum atomic E-state index is -0.342. The number of nitrogens with zero attached hydrogens (tertiary/aromatic N) is 5. The maximum Gasteiger partial charge on any atom is 0.232 e. The number of piperidine rings is 1. The second-order valence-corrected chi connectivity index (χ2v) is 6.82. The molecule has 4 rings (SSSR count). The Balaban J connectivity index is 1.69. The Hall–Kier alpha value is -2.64. The van der Waals surface area contributed by atoms with Gasteiger partial charge < -0.3 is 14.4 Å². The molecule has 0 spiro atoms. The molecule has 132 valence electrons. The number of carbonyl (C=O) groups is 2. The van der Waals surface area contributed by atoms with Crippen molar-refractivity contribution in [2.75, 3.05) is 18.5 Å². The van der Waals surface area contributed by atoms with E-state index in [1.165, 1.54) is 0 Å². The lowest BCUT2D eigenvalue weighted by atomic mass is 9.86. The number of imidazole rings is 1. The van der Waals surface area contributed by atoms with E-state index in [2.05, 4.69) is 15.2 Å². The van der Waals surface area contributed by atoms with Crippen molar-refractivity contribution in [1.29, 1.82) is 0 Å². The lowest BCUT2D eigenvalue weighted by Crippen LogP contribution is -2.49. The van der Waals surface area contributed by atoms with Gasteiger partial charge >= 0.3 is 0 Å². The van der Waals surface area contributed by atoms with Crippen molar-refractivity contribution in [3.8, 4) is 0 Å². The minimum Gasteiger partial charge on any atom is -0.336 e. The zero-order valence-electron chi connectivity index (χ0n) is 14.5. The van der Waals surface area contributed by atoms with Gasteiger partial charge in [0.1, 0.15) is 11.9 Å². The second kappa shape index (κ2) is 6.02. The lowest BCUT2D eigenvalue weighted by Gasteiger charge is -2.40. The molecule has 2 aliphatic rings. The fourth-order valence-electron chi connectivity index (χ4n) is 4.00. The smallest absolute Gasteiger partial charge is 0.232 e. The summed E-state index contributed by atoms with van der Waals surface area (Å²) in [4.78, 5) is 33.6. The third kappa shape index (κ3) is 2.52. The summed E-state index contributed by atoms with van der Waals surface area (Å²) < 4.78 is 1.89. The van der Waals surface area contributed by atoms with Crippen molar-refractivity contribution in [2.45, 2.75) is 31.7 Å². The van der Waals surface area contributed by atoms with Gasteiger partial charge in [-0.05, 0) is 19.3 Å². The average molecular weight is 342 g/mol. The molecule has 8 nitrogen and oxygen atoms in total. The zero-order valence-corrected chi connectivity index (χ0v) is 14.5. The van der Waals surface area contributed by atoms with Gasteiger partial charge in [-0.1, -0.05) is 0 Å². The summed E-state index contributed by atoms with van der Waals surface area (Å²) in [7, 11) is 3.66. The van der Waals surface area contributed by atoms with Crippen molar-refractivity contribution in [3.63, 3.8) is 0 Å². The second-order valence-electron chi connectivity index (χ2n) is 6.82. The quantitative estimate of drug-likeness (QED) is 0.883. The van der Waals surface area contributed by atoms with E-state index in [1.54, 1.807) is 24.3 Å². The molecule has 0 saturated carbocycles. The van der Waals surface area contributed by atoms with E-state index in [9.17, 15) is 9.59 Å². The van der Waals surface area contributed by atoms with Crippen molar-refractivity contribution in [1.82, 2.24) is 24.6 Å². The first-order valence-electron chi connectivity index (χ1n) is 8.64. The Morgan fingerprint density at radius 2 is 2.16 bits per heavy atom. The van der Waals surface area contributed by atoms with Gasteiger partial charge in [0.15, 0.2) is 0 Å². The van der Waals surface area contributed by atoms with Crippen molar-refractivity contribution in [3.05, 3.63) is 30.1 Å². The predicted octanol–water partition coefficient (Wildman–Crippen LogP) is 1.03. The molecule has 4 heterocycles. The van der Waals surface area contributed by atoms with E-state index in [-0.39, 0.29) is 23.8 Å². The van der Waals surface area contributed by atoms with Crippen molar-refractivity contribution in [2.24, 2.45) is 13.0 Å². The van der Waals surface area contributed by atoms with Gasteiger partial charge in [0.2, 0.25) is 11.8 Å². The van der Waals surface area contributed by atoms with E-state index in [0.717, 1.165) is 30.0 Å². The fourth-order valence-corrected chi connectivity index (χ4v) is 4.00. The highest BCUT2D eigenvalue weighted by molar-refractivity contribution is 5.97. The maximum absolute atomic E-state index is 13.4. The highest BCUT2D eigenvalue weighted by Crippen LogP contribution is 2.38. The molecule has 2 aromatic heterocycles. The molecule has 0 radical (unpaired) electrons. The van der Waals surface area contributed by atoms with Crippen LogP contribution in [0.15, 0.2) is 18.6 Å². The number of hydrogen-bond donors (Lipinski definition) is 1. The van der Waals surface area contributed by atoms with Crippen molar-refractivity contribution >= 4 is 17.5 Å². The third-order valence-corrected chi connectivity index (χ3v) is 5.36. The number of nitrogens with one attached hydrogen (secondary N) is 1. The minimum absolute atomic E-state index is 0.0506. The molecule has 2 aromatic rings. The Labute approximate surface area is 145 Å². The molecule has 0 bridgehead atoms. The fraction of sp³-hybridized carbons (Fsp3) is 0.529. The number of aromatic amines is 1. The summed E-state index contributed by atoms with van der Waals surface area (Å²) in [6, 6.07) is -0.342. The first kappa shape index (κ1) is 15.9. The summed E-state index contributed by atoms with van der Waals surface area (Å²) in [5, 5.41) is 7.08. The molecule has 2 aliphatic heterocycles. The molecule has 1 N–H and O–H groups in total. The number of aryl methyl sites for hydroxylation is 2. The number of fused-ring (bicyclic) bond motifs is 1. The van der Waals surface area contributed by atoms with Crippen LogP contribution >= 0.6 is 0 Å². The van der Waals surface area contributed by atoms with Gasteiger partial charge in [0, 0.05) is 39.5 Å². The molecule has 2 amide bonds. The molecule has 0 aliphatic carbocycles. The van der Waals surface area contributed by atoms with Gasteiger partial charge in [0.25, 0.3) is 0 Å². The van der Waals surface area contributed by atoms with Gasteiger partial charge in [-0.3, -0.25) is 14.7 Å². The van der Waals surface area contributed by atoms with Gasteiger partial charge in [0.05, 0.1) is 23.5 Å². The Kier molecular flexibility index (Phi) is 3.82. The topological polar surface area (TPSA) is 87.1 Å². The number of amides is 2. The van der Waals surface area contributed by atoms with Crippen LogP contribution < -0.4 is 4.90 Å². The average Bonchev–Trinajstić information content (AvgIpc) is 3.25. The van der Waals surface area contributed by atoms with E-state index >= 15 is 0 Å². The Bertz CT molecular complexity index is 810. The molecule has 1 saturated heterocycles. The normalized spacial score (nSPS) is 23.7. The number of likely N-dealkylation sites (tertiary alicyclic amines) is 1. The van der Waals surface area contributed by atoms with Crippen LogP contribution in [0.5, 0.6) is 0 Å². The number of rotatable bonds is 2. The summed E-state index contributed by atoms with van der Waals surface area (Å²) in [5.41, 5.74) is 1.88. The largest absolute Gasteiger partial charge is 0.336 e. The van der Waals surface area contributed by atoms with Crippen LogP contribution in [-0.2, 0) is 23.1 Å². The van der Waals surface area contributed by atoms with Crippen LogP contribution in [0.25, 0.3) is 0 Å². The van der Waals surface area contributed by atoms with E-state index in [1.807, 2.05) is 22.7 Å². The third-order valence-electron chi connectivity index (χ3n) is 5.36. The first-order valence-corrected chi connectivity index (χ1v) is 8.64. The summed E-state index contributed by atoms with van der Waals surface area (Å²) in [6.45, 7) is 0.687. The number of aromatic nitrogens is 4. The zero-order chi connectivity index (χ0) is 17.6. The van der Waals surface area contributed by atoms with E-state index in [4.69, 9.17) is 0 Å². The SMILES string of the molecule is CN1C(=O)CC[C@H](C(=O)N2CCCc3[nH]ncc32)[C@H]1c1nccn1C. The number of H-pyrrole nitrogens is 1. The molecule has 8 heteroatoms. The predicted molar refractivity (Wildman–Crippen MR) is 90.7 cm³/mol. The molecular weight excluding hydrogens is 320 g/mol. The highest BCUT2D eigenvalue weighted by Gasteiger charge is 2.43.